The molecular formula is C14H17N3O3. The van der Waals surface area contributed by atoms with Crippen molar-refractivity contribution >= 4 is 17.7 Å². The molecule has 1 aromatic rings. The van der Waals surface area contributed by atoms with Crippen LogP contribution in [0.1, 0.15) is 36.8 Å². The molecule has 1 amide bonds. The van der Waals surface area contributed by atoms with Crippen LogP contribution in [0.3, 0.4) is 0 Å². The van der Waals surface area contributed by atoms with E-state index in [9.17, 15) is 9.59 Å². The van der Waals surface area contributed by atoms with E-state index in [1.54, 1.807) is 25.3 Å². The van der Waals surface area contributed by atoms with Crippen LogP contribution in [0.25, 0.3) is 0 Å². The van der Waals surface area contributed by atoms with Crippen molar-refractivity contribution in [3.8, 4) is 0 Å². The van der Waals surface area contributed by atoms with Gasteiger partial charge >= 0.3 is 5.97 Å². The van der Waals surface area contributed by atoms with E-state index in [1.807, 2.05) is 13.8 Å². The van der Waals surface area contributed by atoms with Crippen LogP contribution in [0, 0.1) is 5.92 Å². The zero-order valence-corrected chi connectivity index (χ0v) is 11.9. The number of hydrogen-bond acceptors (Lipinski definition) is 5. The summed E-state index contributed by atoms with van der Waals surface area (Å²) >= 11 is 0. The number of carbonyl (C=O) groups excluding carboxylic acids is 2. The number of rotatable bonds is 3. The minimum Gasteiger partial charge on any atom is -0.465 e. The molecule has 1 N–H and O–H groups in total. The SMILES string of the molecule is COC(=O)c1cccnc1C1=N[C@](C)(C(C)C)C(=O)N1. The van der Waals surface area contributed by atoms with Crippen molar-refractivity contribution < 1.29 is 14.3 Å². The summed E-state index contributed by atoms with van der Waals surface area (Å²) < 4.78 is 4.72. The lowest BCUT2D eigenvalue weighted by Crippen LogP contribution is -2.41. The molecule has 0 fully saturated rings. The molecule has 0 radical (unpaired) electrons. The van der Waals surface area contributed by atoms with E-state index in [4.69, 9.17) is 4.74 Å². The van der Waals surface area contributed by atoms with Gasteiger partial charge in [-0.3, -0.25) is 9.78 Å². The predicted octanol–water partition coefficient (Wildman–Crippen LogP) is 1.16. The van der Waals surface area contributed by atoms with E-state index in [0.29, 0.717) is 11.5 Å². The van der Waals surface area contributed by atoms with E-state index in [1.165, 1.54) is 7.11 Å². The lowest BCUT2D eigenvalue weighted by atomic mass is 9.89. The van der Waals surface area contributed by atoms with E-state index in [0.717, 1.165) is 0 Å². The summed E-state index contributed by atoms with van der Waals surface area (Å²) in [6, 6.07) is 3.22. The van der Waals surface area contributed by atoms with E-state index in [-0.39, 0.29) is 17.4 Å². The van der Waals surface area contributed by atoms with Crippen molar-refractivity contribution in [1.29, 1.82) is 0 Å². The first-order chi connectivity index (χ1) is 9.40. The molecule has 20 heavy (non-hydrogen) atoms. The number of aromatic nitrogens is 1. The highest BCUT2D eigenvalue weighted by molar-refractivity contribution is 6.17. The van der Waals surface area contributed by atoms with Crippen LogP contribution >= 0.6 is 0 Å². The van der Waals surface area contributed by atoms with Gasteiger partial charge in [0.15, 0.2) is 5.84 Å². The van der Waals surface area contributed by atoms with Gasteiger partial charge in [-0.15, -0.1) is 0 Å². The number of nitrogens with zero attached hydrogens (tertiary/aromatic N) is 2. The van der Waals surface area contributed by atoms with Gasteiger partial charge in [-0.1, -0.05) is 13.8 Å². The first-order valence-electron chi connectivity index (χ1n) is 6.35. The number of methoxy groups -OCH3 is 1. The molecule has 0 saturated carbocycles. The molecule has 1 aliphatic heterocycles. The molecular weight excluding hydrogens is 258 g/mol. The molecule has 106 valence electrons. The van der Waals surface area contributed by atoms with Crippen molar-refractivity contribution in [3.05, 3.63) is 29.6 Å². The Bertz CT molecular complexity index is 595. The Kier molecular flexibility index (Phi) is 3.57. The number of esters is 1. The van der Waals surface area contributed by atoms with Crippen LogP contribution in [-0.4, -0.2) is 35.3 Å². The molecule has 0 saturated heterocycles. The van der Waals surface area contributed by atoms with Gasteiger partial charge in [-0.25, -0.2) is 9.79 Å². The maximum atomic E-state index is 12.1. The van der Waals surface area contributed by atoms with Crippen LogP contribution in [0.5, 0.6) is 0 Å². The quantitative estimate of drug-likeness (QED) is 0.839. The van der Waals surface area contributed by atoms with Crippen LogP contribution in [0.4, 0.5) is 0 Å². The molecule has 0 spiro atoms. The highest BCUT2D eigenvalue weighted by Crippen LogP contribution is 2.27. The molecule has 0 aliphatic carbocycles. The number of carbonyl (C=O) groups is 2. The molecule has 6 nitrogen and oxygen atoms in total. The Morgan fingerprint density at radius 3 is 2.70 bits per heavy atom. The number of nitrogens with one attached hydrogen (secondary N) is 1. The highest BCUT2D eigenvalue weighted by atomic mass is 16.5. The fraction of sp³-hybridized carbons (Fsp3) is 0.429. The second kappa shape index (κ2) is 5.03. The number of hydrogen-bond donors (Lipinski definition) is 1. The molecule has 2 heterocycles. The first kappa shape index (κ1) is 14.2. The standard InChI is InChI=1S/C14H17N3O3/c1-8(2)14(3)13(19)16-11(17-14)10-9(12(18)20-4)6-5-7-15-10/h5-8H,1-4H3,(H,16,17,19)/t14-/m1/s1. The minimum absolute atomic E-state index is 0.0327. The molecule has 1 aliphatic rings. The van der Waals surface area contributed by atoms with Crippen molar-refractivity contribution in [2.24, 2.45) is 10.9 Å². The summed E-state index contributed by atoms with van der Waals surface area (Å²) in [5, 5.41) is 2.70. The number of amidine groups is 1. The number of ether oxygens (including phenoxy) is 1. The maximum absolute atomic E-state index is 12.1. The molecule has 0 aromatic carbocycles. The Morgan fingerprint density at radius 2 is 2.15 bits per heavy atom. The molecule has 1 atom stereocenters. The Balaban J connectivity index is 2.49. The topological polar surface area (TPSA) is 80.7 Å². The molecule has 0 unspecified atom stereocenters. The van der Waals surface area contributed by atoms with Crippen LogP contribution in [0.2, 0.25) is 0 Å². The highest BCUT2D eigenvalue weighted by Gasteiger charge is 2.42. The third-order valence-corrected chi connectivity index (χ3v) is 3.60. The molecule has 0 bridgehead atoms. The van der Waals surface area contributed by atoms with Crippen molar-refractivity contribution in [1.82, 2.24) is 10.3 Å². The Hall–Kier alpha value is -2.24. The average Bonchev–Trinajstić information content (AvgIpc) is 2.75. The van der Waals surface area contributed by atoms with Crippen LogP contribution < -0.4 is 5.32 Å². The third kappa shape index (κ3) is 2.17. The molecule has 2 rings (SSSR count). The fourth-order valence-corrected chi connectivity index (χ4v) is 1.92. The van der Waals surface area contributed by atoms with Gasteiger partial charge in [0.2, 0.25) is 0 Å². The monoisotopic (exact) mass is 275 g/mol. The minimum atomic E-state index is -0.847. The van der Waals surface area contributed by atoms with Crippen LogP contribution in [0.15, 0.2) is 23.3 Å². The molecule has 1 aromatic heterocycles. The van der Waals surface area contributed by atoms with Crippen molar-refractivity contribution in [2.45, 2.75) is 26.3 Å². The van der Waals surface area contributed by atoms with E-state index < -0.39 is 11.5 Å². The predicted molar refractivity (Wildman–Crippen MR) is 73.5 cm³/mol. The Labute approximate surface area is 117 Å². The lowest BCUT2D eigenvalue weighted by molar-refractivity contribution is -0.124. The zero-order chi connectivity index (χ0) is 14.9. The fourth-order valence-electron chi connectivity index (χ4n) is 1.92. The average molecular weight is 275 g/mol. The normalized spacial score (nSPS) is 21.6. The first-order valence-corrected chi connectivity index (χ1v) is 6.35. The van der Waals surface area contributed by atoms with Gasteiger partial charge in [0.05, 0.1) is 12.7 Å². The van der Waals surface area contributed by atoms with E-state index >= 15 is 0 Å². The van der Waals surface area contributed by atoms with Crippen molar-refractivity contribution in [3.63, 3.8) is 0 Å². The van der Waals surface area contributed by atoms with Gasteiger partial charge in [0.1, 0.15) is 11.2 Å². The lowest BCUT2D eigenvalue weighted by Gasteiger charge is -2.21. The summed E-state index contributed by atoms with van der Waals surface area (Å²) in [6.45, 7) is 5.61. The number of pyridine rings is 1. The third-order valence-electron chi connectivity index (χ3n) is 3.60. The maximum Gasteiger partial charge on any atom is 0.340 e. The largest absolute Gasteiger partial charge is 0.465 e. The van der Waals surface area contributed by atoms with Gasteiger partial charge in [0.25, 0.3) is 5.91 Å². The summed E-state index contributed by atoms with van der Waals surface area (Å²) in [4.78, 5) is 32.4. The Morgan fingerprint density at radius 1 is 1.45 bits per heavy atom. The summed E-state index contributed by atoms with van der Waals surface area (Å²) in [5.74, 6) is -0.357. The van der Waals surface area contributed by atoms with Gasteiger partial charge in [-0.2, -0.15) is 0 Å². The molecule has 6 heteroatoms. The van der Waals surface area contributed by atoms with Crippen LogP contribution in [-0.2, 0) is 9.53 Å². The van der Waals surface area contributed by atoms with Crippen molar-refractivity contribution in [2.75, 3.05) is 7.11 Å². The van der Waals surface area contributed by atoms with E-state index in [2.05, 4.69) is 15.3 Å². The summed E-state index contributed by atoms with van der Waals surface area (Å²) in [6.07, 6.45) is 1.54. The van der Waals surface area contributed by atoms with Gasteiger partial charge in [0, 0.05) is 6.20 Å². The number of amides is 1. The van der Waals surface area contributed by atoms with Gasteiger partial charge < -0.3 is 10.1 Å². The van der Waals surface area contributed by atoms with Gasteiger partial charge in [-0.05, 0) is 25.0 Å². The smallest absolute Gasteiger partial charge is 0.340 e. The number of aliphatic imine (C=N–C) groups is 1. The summed E-state index contributed by atoms with van der Waals surface area (Å²) in [5.41, 5.74) is -0.237. The summed E-state index contributed by atoms with van der Waals surface area (Å²) in [7, 11) is 1.30. The second-order valence-corrected chi connectivity index (χ2v) is 5.11. The second-order valence-electron chi connectivity index (χ2n) is 5.11. The zero-order valence-electron chi connectivity index (χ0n) is 11.9.